The average Bonchev–Trinajstić information content (AvgIpc) is 3.15. The van der Waals surface area contributed by atoms with Gasteiger partial charge in [-0.1, -0.05) is 37.6 Å². The zero-order chi connectivity index (χ0) is 33.0. The Balaban J connectivity index is 1.84. The van der Waals surface area contributed by atoms with Gasteiger partial charge in [-0.05, 0) is 83.9 Å². The maximum absolute atomic E-state index is 13.5. The number of ether oxygens (including phenoxy) is 2. The van der Waals surface area contributed by atoms with Crippen molar-refractivity contribution in [2.24, 2.45) is 0 Å². The second-order valence-corrected chi connectivity index (χ2v) is 12.0. The molecule has 0 bridgehead atoms. The van der Waals surface area contributed by atoms with E-state index in [1.54, 1.807) is 36.2 Å². The molecule has 1 aliphatic rings. The Bertz CT molecular complexity index is 1650. The van der Waals surface area contributed by atoms with Gasteiger partial charge in [0.1, 0.15) is 17.6 Å². The molecule has 236 valence electrons. The highest BCUT2D eigenvalue weighted by atomic mass is 79.9. The fraction of sp³-hybridized carbons (Fsp3) is 0.353. The molecular weight excluding hydrogens is 651 g/mol. The van der Waals surface area contributed by atoms with Crippen LogP contribution in [0.5, 0.6) is 11.5 Å². The Kier molecular flexibility index (Phi) is 10.1. The predicted octanol–water partition coefficient (Wildman–Crippen LogP) is 7.90. The molecule has 0 N–H and O–H groups in total. The van der Waals surface area contributed by atoms with Crippen LogP contribution in [0.25, 0.3) is 0 Å². The number of alkyl halides is 3. The Morgan fingerprint density at radius 1 is 1.22 bits per heavy atom. The Morgan fingerprint density at radius 2 is 1.98 bits per heavy atom. The third kappa shape index (κ3) is 6.76. The molecule has 11 heteroatoms. The van der Waals surface area contributed by atoms with Gasteiger partial charge in [-0.2, -0.15) is 18.4 Å². The second-order valence-electron chi connectivity index (χ2n) is 11.1. The Labute approximate surface area is 268 Å². The number of carbonyl (C=O) groups is 2. The third-order valence-corrected chi connectivity index (χ3v) is 9.05. The van der Waals surface area contributed by atoms with E-state index in [4.69, 9.17) is 9.47 Å². The van der Waals surface area contributed by atoms with Crippen molar-refractivity contribution in [1.82, 2.24) is 9.88 Å². The SMILES string of the molecule is C=CCc1c(Br)cncc1C(C)(OC(=O)C(F)(F)F)c1ccc(C#N)c(Oc2cccc(C3(CC)CCCCN(C)C3=O)c2)c1. The molecule has 1 aromatic heterocycles. The smallest absolute Gasteiger partial charge is 0.456 e. The normalized spacial score (nSPS) is 18.4. The molecule has 2 aromatic carbocycles. The van der Waals surface area contributed by atoms with Crippen molar-refractivity contribution >= 4 is 27.8 Å². The molecule has 0 spiro atoms. The summed E-state index contributed by atoms with van der Waals surface area (Å²) >= 11 is 3.40. The topological polar surface area (TPSA) is 92.5 Å². The highest BCUT2D eigenvalue weighted by molar-refractivity contribution is 9.10. The van der Waals surface area contributed by atoms with Crippen LogP contribution in [0.2, 0.25) is 0 Å². The quantitative estimate of drug-likeness (QED) is 0.168. The molecule has 1 fully saturated rings. The molecule has 2 unspecified atom stereocenters. The van der Waals surface area contributed by atoms with Gasteiger partial charge in [-0.15, -0.1) is 6.58 Å². The fourth-order valence-electron chi connectivity index (χ4n) is 5.87. The summed E-state index contributed by atoms with van der Waals surface area (Å²) in [6.45, 7) is 7.71. The molecule has 2 heterocycles. The largest absolute Gasteiger partial charge is 0.490 e. The van der Waals surface area contributed by atoms with Crippen molar-refractivity contribution in [3.05, 3.63) is 99.8 Å². The van der Waals surface area contributed by atoms with Gasteiger partial charge in [0, 0.05) is 41.6 Å². The van der Waals surface area contributed by atoms with Crippen molar-refractivity contribution in [3.8, 4) is 17.6 Å². The minimum absolute atomic E-state index is 0.0274. The van der Waals surface area contributed by atoms with Crippen LogP contribution < -0.4 is 4.74 Å². The first-order valence-electron chi connectivity index (χ1n) is 14.4. The van der Waals surface area contributed by atoms with Gasteiger partial charge in [0.15, 0.2) is 5.60 Å². The molecule has 45 heavy (non-hydrogen) atoms. The highest BCUT2D eigenvalue weighted by Crippen LogP contribution is 2.43. The van der Waals surface area contributed by atoms with Crippen LogP contribution in [0.1, 0.15) is 67.3 Å². The average molecular weight is 685 g/mol. The van der Waals surface area contributed by atoms with Crippen molar-refractivity contribution in [1.29, 1.82) is 5.26 Å². The summed E-state index contributed by atoms with van der Waals surface area (Å²) in [7, 11) is 1.80. The van der Waals surface area contributed by atoms with Gasteiger partial charge in [-0.25, -0.2) is 4.79 Å². The molecule has 4 rings (SSSR count). The van der Waals surface area contributed by atoms with E-state index in [1.165, 1.54) is 37.5 Å². The minimum atomic E-state index is -5.27. The first kappa shape index (κ1) is 33.7. The highest BCUT2D eigenvalue weighted by Gasteiger charge is 2.47. The number of esters is 1. The summed E-state index contributed by atoms with van der Waals surface area (Å²) in [5.74, 6) is -2.00. The summed E-state index contributed by atoms with van der Waals surface area (Å²) in [5, 5.41) is 9.90. The van der Waals surface area contributed by atoms with Crippen LogP contribution in [0.3, 0.4) is 0 Å². The molecule has 0 saturated carbocycles. The number of halogens is 4. The lowest BCUT2D eigenvalue weighted by atomic mass is 9.73. The van der Waals surface area contributed by atoms with E-state index < -0.39 is 23.2 Å². The van der Waals surface area contributed by atoms with Gasteiger partial charge in [0.05, 0.1) is 11.0 Å². The number of rotatable bonds is 9. The second kappa shape index (κ2) is 13.4. The number of benzene rings is 2. The number of amides is 1. The summed E-state index contributed by atoms with van der Waals surface area (Å²) in [4.78, 5) is 31.7. The number of hydrogen-bond acceptors (Lipinski definition) is 6. The monoisotopic (exact) mass is 683 g/mol. The van der Waals surface area contributed by atoms with Gasteiger partial charge in [0.25, 0.3) is 0 Å². The summed E-state index contributed by atoms with van der Waals surface area (Å²) in [6.07, 6.45) is 2.37. The number of likely N-dealkylation sites (N-methyl/N-ethyl adjacent to an activating group) is 1. The van der Waals surface area contributed by atoms with E-state index in [0.717, 1.165) is 18.4 Å². The summed E-state index contributed by atoms with van der Waals surface area (Å²) < 4.78 is 52.5. The van der Waals surface area contributed by atoms with Crippen molar-refractivity contribution in [3.63, 3.8) is 0 Å². The lowest BCUT2D eigenvalue weighted by Gasteiger charge is -2.34. The lowest BCUT2D eigenvalue weighted by Crippen LogP contribution is -2.43. The van der Waals surface area contributed by atoms with Gasteiger partial charge in [-0.3, -0.25) is 9.78 Å². The standard InChI is InChI=1S/C34H33BrF3N3O4/c1-5-10-26-27(20-40-21-28(26)35)32(3,45-31(43)34(36,37)38)23-14-13-22(19-39)29(18-23)44-25-12-9-11-24(17-25)33(6-2)15-7-8-16-41(4)30(33)42/h5,9,11-14,17-18,20-21H,1,6-8,10,15-16H2,2-4H3. The predicted molar refractivity (Wildman–Crippen MR) is 166 cm³/mol. The van der Waals surface area contributed by atoms with Gasteiger partial charge >= 0.3 is 12.1 Å². The van der Waals surface area contributed by atoms with E-state index in [2.05, 4.69) is 33.6 Å². The maximum Gasteiger partial charge on any atom is 0.490 e. The molecule has 1 saturated heterocycles. The summed E-state index contributed by atoms with van der Waals surface area (Å²) in [5.41, 5.74) is -1.06. The number of hydrogen-bond donors (Lipinski definition) is 0. The minimum Gasteiger partial charge on any atom is -0.456 e. The van der Waals surface area contributed by atoms with Gasteiger partial charge in [0.2, 0.25) is 5.91 Å². The number of nitriles is 1. The molecule has 2 atom stereocenters. The molecule has 0 aliphatic carbocycles. The fourth-order valence-corrected chi connectivity index (χ4v) is 6.36. The van der Waals surface area contributed by atoms with Crippen LogP contribution in [0.15, 0.2) is 72.0 Å². The van der Waals surface area contributed by atoms with Crippen molar-refractivity contribution in [2.45, 2.75) is 63.1 Å². The zero-order valence-electron chi connectivity index (χ0n) is 25.2. The van der Waals surface area contributed by atoms with E-state index >= 15 is 0 Å². The van der Waals surface area contributed by atoms with Crippen molar-refractivity contribution < 1.29 is 32.2 Å². The number of aromatic nitrogens is 1. The molecule has 1 amide bonds. The lowest BCUT2D eigenvalue weighted by molar-refractivity contribution is -0.210. The number of allylic oxidation sites excluding steroid dienone is 1. The van der Waals surface area contributed by atoms with Crippen LogP contribution >= 0.6 is 15.9 Å². The maximum atomic E-state index is 13.5. The molecule has 1 aliphatic heterocycles. The van der Waals surface area contributed by atoms with E-state index in [-0.39, 0.29) is 34.8 Å². The number of carbonyl (C=O) groups excluding carboxylic acids is 2. The first-order valence-corrected chi connectivity index (χ1v) is 15.2. The van der Waals surface area contributed by atoms with E-state index in [1.807, 2.05) is 13.0 Å². The van der Waals surface area contributed by atoms with Crippen molar-refractivity contribution in [2.75, 3.05) is 13.6 Å². The molecule has 0 radical (unpaired) electrons. The number of pyridine rings is 1. The zero-order valence-corrected chi connectivity index (χ0v) is 26.8. The number of nitrogens with zero attached hydrogens (tertiary/aromatic N) is 3. The molecule has 7 nitrogen and oxygen atoms in total. The van der Waals surface area contributed by atoms with E-state index in [9.17, 15) is 28.0 Å². The van der Waals surface area contributed by atoms with Crippen LogP contribution in [0.4, 0.5) is 13.2 Å². The van der Waals surface area contributed by atoms with Crippen LogP contribution in [-0.2, 0) is 31.8 Å². The van der Waals surface area contributed by atoms with E-state index in [0.29, 0.717) is 35.2 Å². The van der Waals surface area contributed by atoms with Crippen LogP contribution in [-0.4, -0.2) is 41.5 Å². The summed E-state index contributed by atoms with van der Waals surface area (Å²) in [6, 6.07) is 13.3. The molecule has 3 aromatic rings. The molecular formula is C34H33BrF3N3O4. The third-order valence-electron chi connectivity index (χ3n) is 8.37. The van der Waals surface area contributed by atoms with Crippen LogP contribution in [0, 0.1) is 11.3 Å². The van der Waals surface area contributed by atoms with Gasteiger partial charge < -0.3 is 14.4 Å². The Morgan fingerprint density at radius 3 is 2.64 bits per heavy atom. The Hall–Kier alpha value is -4.17. The number of likely N-dealkylation sites (tertiary alicyclic amines) is 1. The first-order chi connectivity index (χ1) is 21.3.